The van der Waals surface area contributed by atoms with Gasteiger partial charge in [0.2, 0.25) is 0 Å². The second-order valence-corrected chi connectivity index (χ2v) is 8.13. The first-order valence-corrected chi connectivity index (χ1v) is 9.36. The first-order valence-electron chi connectivity index (χ1n) is 8.61. The Bertz CT molecular complexity index is 1100. The summed E-state index contributed by atoms with van der Waals surface area (Å²) in [7, 11) is 1.19. The Hall–Kier alpha value is -2.64. The van der Waals surface area contributed by atoms with Gasteiger partial charge in [-0.15, -0.1) is 0 Å². The summed E-state index contributed by atoms with van der Waals surface area (Å²) in [5.41, 5.74) is 0.230. The Kier molecular flexibility index (Phi) is 5.56. The summed E-state index contributed by atoms with van der Waals surface area (Å²) in [5.74, 6) is -1.07. The molecule has 0 atom stereocenters. The first-order chi connectivity index (χ1) is 13.5. The largest absolute Gasteiger partial charge is 0.452 e. The van der Waals surface area contributed by atoms with Gasteiger partial charge in [-0.3, -0.25) is 4.79 Å². The molecule has 152 valence electrons. The summed E-state index contributed by atoms with van der Waals surface area (Å²) in [6, 6.07) is 8.49. The van der Waals surface area contributed by atoms with Crippen LogP contribution in [0.5, 0.6) is 0 Å². The Balaban J connectivity index is 2.34. The number of amides is 2. The van der Waals surface area contributed by atoms with Crippen molar-refractivity contribution < 1.29 is 18.7 Å². The van der Waals surface area contributed by atoms with Crippen LogP contribution in [0.3, 0.4) is 0 Å². The Morgan fingerprint density at radius 1 is 1.14 bits per heavy atom. The average Bonchev–Trinajstić information content (AvgIpc) is 3.00. The van der Waals surface area contributed by atoms with Gasteiger partial charge in [0.15, 0.2) is 0 Å². The average molecular weight is 438 g/mol. The molecule has 6 nitrogen and oxygen atoms in total. The molecule has 0 radical (unpaired) electrons. The summed E-state index contributed by atoms with van der Waals surface area (Å²) < 4.78 is 19.6. The molecule has 2 heterocycles. The van der Waals surface area contributed by atoms with Gasteiger partial charge in [0.25, 0.3) is 5.91 Å². The molecule has 0 saturated carbocycles. The highest BCUT2D eigenvalue weighted by molar-refractivity contribution is 6.34. The van der Waals surface area contributed by atoms with E-state index in [1.165, 1.54) is 48.0 Å². The van der Waals surface area contributed by atoms with Crippen molar-refractivity contribution in [3.63, 3.8) is 0 Å². The molecule has 0 aliphatic carbocycles. The minimum absolute atomic E-state index is 0.0985. The van der Waals surface area contributed by atoms with E-state index >= 15 is 0 Å². The minimum atomic E-state index is -0.888. The van der Waals surface area contributed by atoms with Gasteiger partial charge in [0.05, 0.1) is 18.2 Å². The van der Waals surface area contributed by atoms with Crippen molar-refractivity contribution in [3.8, 4) is 11.3 Å². The van der Waals surface area contributed by atoms with Crippen LogP contribution in [0.2, 0.25) is 10.2 Å². The second-order valence-electron chi connectivity index (χ2n) is 7.31. The standard InChI is InChI=1S/C20H18Cl2FN3O3/c1-20(2,3)25(19(28)29-4)18(27)16-14-9-12(21)10-15(22)26(14)24-17(16)11-5-7-13(23)8-6-11/h5-10H,1-4H3. The molecular formula is C20H18Cl2FN3O3. The van der Waals surface area contributed by atoms with E-state index in [0.717, 1.165) is 4.90 Å². The molecule has 0 bridgehead atoms. The number of hydrogen-bond acceptors (Lipinski definition) is 4. The van der Waals surface area contributed by atoms with Gasteiger partial charge in [0, 0.05) is 16.1 Å². The molecule has 0 saturated heterocycles. The van der Waals surface area contributed by atoms with Crippen LogP contribution in [0.25, 0.3) is 16.8 Å². The van der Waals surface area contributed by atoms with Crippen LogP contribution >= 0.6 is 23.2 Å². The van der Waals surface area contributed by atoms with E-state index in [1.807, 2.05) is 0 Å². The van der Waals surface area contributed by atoms with Crippen LogP contribution in [-0.2, 0) is 4.74 Å². The third kappa shape index (κ3) is 3.93. The number of fused-ring (bicyclic) bond motifs is 1. The maximum Gasteiger partial charge on any atom is 0.417 e. The number of benzene rings is 1. The van der Waals surface area contributed by atoms with Gasteiger partial charge in [0.1, 0.15) is 16.7 Å². The third-order valence-corrected chi connectivity index (χ3v) is 4.71. The molecule has 0 aliphatic rings. The number of methoxy groups -OCH3 is 1. The summed E-state index contributed by atoms with van der Waals surface area (Å²) in [4.78, 5) is 27.0. The van der Waals surface area contributed by atoms with Crippen LogP contribution in [0.15, 0.2) is 36.4 Å². The molecule has 0 fully saturated rings. The molecule has 3 rings (SSSR count). The summed E-state index contributed by atoms with van der Waals surface area (Å²) >= 11 is 12.4. The third-order valence-electron chi connectivity index (χ3n) is 4.22. The van der Waals surface area contributed by atoms with Crippen LogP contribution in [0.4, 0.5) is 9.18 Å². The molecule has 2 aromatic heterocycles. The topological polar surface area (TPSA) is 63.9 Å². The van der Waals surface area contributed by atoms with Crippen molar-refractivity contribution in [2.75, 3.05) is 7.11 Å². The van der Waals surface area contributed by atoms with Crippen molar-refractivity contribution in [2.45, 2.75) is 26.3 Å². The molecule has 3 aromatic rings. The van der Waals surface area contributed by atoms with Gasteiger partial charge < -0.3 is 4.74 Å². The van der Waals surface area contributed by atoms with E-state index in [0.29, 0.717) is 16.1 Å². The van der Waals surface area contributed by atoms with Gasteiger partial charge in [-0.05, 0) is 57.2 Å². The van der Waals surface area contributed by atoms with Crippen LogP contribution in [0, 0.1) is 5.82 Å². The number of nitrogens with zero attached hydrogens (tertiary/aromatic N) is 3. The van der Waals surface area contributed by atoms with Gasteiger partial charge in [-0.25, -0.2) is 18.6 Å². The number of carbonyl (C=O) groups is 2. The molecule has 0 N–H and O–H groups in total. The zero-order valence-electron chi connectivity index (χ0n) is 16.2. The van der Waals surface area contributed by atoms with Crippen LogP contribution in [-0.4, -0.2) is 39.2 Å². The fourth-order valence-corrected chi connectivity index (χ4v) is 3.47. The lowest BCUT2D eigenvalue weighted by atomic mass is 10.0. The monoisotopic (exact) mass is 437 g/mol. The van der Waals surface area contributed by atoms with Crippen molar-refractivity contribution >= 4 is 40.7 Å². The Morgan fingerprint density at radius 2 is 1.76 bits per heavy atom. The molecular weight excluding hydrogens is 420 g/mol. The quantitative estimate of drug-likeness (QED) is 0.499. The predicted molar refractivity (Wildman–Crippen MR) is 109 cm³/mol. The number of halogens is 3. The fraction of sp³-hybridized carbons (Fsp3) is 0.250. The van der Waals surface area contributed by atoms with E-state index in [1.54, 1.807) is 20.8 Å². The molecule has 0 unspecified atom stereocenters. The number of pyridine rings is 1. The molecule has 2 amide bonds. The highest BCUT2D eigenvalue weighted by atomic mass is 35.5. The lowest BCUT2D eigenvalue weighted by Gasteiger charge is -2.32. The van der Waals surface area contributed by atoms with Crippen LogP contribution < -0.4 is 0 Å². The van der Waals surface area contributed by atoms with E-state index in [-0.39, 0.29) is 16.4 Å². The maximum absolute atomic E-state index is 13.6. The van der Waals surface area contributed by atoms with Crippen molar-refractivity contribution in [3.05, 3.63) is 58.0 Å². The van der Waals surface area contributed by atoms with Gasteiger partial charge in [-0.2, -0.15) is 5.10 Å². The number of rotatable bonds is 2. The Labute approximate surface area is 176 Å². The number of imide groups is 1. The lowest BCUT2D eigenvalue weighted by Crippen LogP contribution is -2.49. The zero-order valence-corrected chi connectivity index (χ0v) is 17.7. The number of aromatic nitrogens is 2. The normalized spacial score (nSPS) is 11.6. The molecule has 0 spiro atoms. The summed E-state index contributed by atoms with van der Waals surface area (Å²) in [5, 5.41) is 4.90. The smallest absolute Gasteiger partial charge is 0.417 e. The molecule has 9 heteroatoms. The first kappa shape index (κ1) is 21.1. The number of carbonyl (C=O) groups excluding carboxylic acids is 2. The number of ether oxygens (including phenoxy) is 1. The van der Waals surface area contributed by atoms with E-state index in [4.69, 9.17) is 27.9 Å². The molecule has 1 aromatic carbocycles. The molecule has 29 heavy (non-hydrogen) atoms. The highest BCUT2D eigenvalue weighted by Gasteiger charge is 2.37. The summed E-state index contributed by atoms with van der Waals surface area (Å²) in [6.07, 6.45) is -0.819. The van der Waals surface area contributed by atoms with E-state index in [9.17, 15) is 14.0 Å². The van der Waals surface area contributed by atoms with Gasteiger partial charge in [-0.1, -0.05) is 23.2 Å². The minimum Gasteiger partial charge on any atom is -0.452 e. The summed E-state index contributed by atoms with van der Waals surface area (Å²) in [6.45, 7) is 5.10. The zero-order chi connectivity index (χ0) is 21.5. The SMILES string of the molecule is COC(=O)N(C(=O)c1c(-c2ccc(F)cc2)nn2c(Cl)cc(Cl)cc12)C(C)(C)C. The van der Waals surface area contributed by atoms with Gasteiger partial charge >= 0.3 is 6.09 Å². The predicted octanol–water partition coefficient (Wildman–Crippen LogP) is 5.45. The Morgan fingerprint density at radius 3 is 2.31 bits per heavy atom. The maximum atomic E-state index is 13.6. The van der Waals surface area contributed by atoms with Crippen molar-refractivity contribution in [2.24, 2.45) is 0 Å². The van der Waals surface area contributed by atoms with Crippen LogP contribution in [0.1, 0.15) is 31.1 Å². The van der Waals surface area contributed by atoms with Crippen molar-refractivity contribution in [1.29, 1.82) is 0 Å². The fourth-order valence-electron chi connectivity index (χ4n) is 2.96. The lowest BCUT2D eigenvalue weighted by molar-refractivity contribution is 0.0532. The van der Waals surface area contributed by atoms with Crippen molar-refractivity contribution in [1.82, 2.24) is 14.5 Å². The van der Waals surface area contributed by atoms with E-state index < -0.39 is 23.4 Å². The van der Waals surface area contributed by atoms with E-state index in [2.05, 4.69) is 5.10 Å². The second kappa shape index (κ2) is 7.65. The highest BCUT2D eigenvalue weighted by Crippen LogP contribution is 2.33. The molecule has 0 aliphatic heterocycles. The number of hydrogen-bond donors (Lipinski definition) is 0.